The predicted octanol–water partition coefficient (Wildman–Crippen LogP) is 2.10. The number of ketones is 1. The van der Waals surface area contributed by atoms with Crippen LogP contribution in [0.25, 0.3) is 0 Å². The Labute approximate surface area is 70.5 Å². The normalized spacial score (nSPS) is 33.8. The molecule has 1 aliphatic rings. The van der Waals surface area contributed by atoms with Crippen molar-refractivity contribution in [2.45, 2.75) is 23.3 Å². The van der Waals surface area contributed by atoms with Crippen molar-refractivity contribution in [1.82, 2.24) is 0 Å². The summed E-state index contributed by atoms with van der Waals surface area (Å²) in [6, 6.07) is 0. The lowest BCUT2D eigenvalue weighted by Gasteiger charge is -2.10. The van der Waals surface area contributed by atoms with Crippen molar-refractivity contribution in [2.24, 2.45) is 5.92 Å². The summed E-state index contributed by atoms with van der Waals surface area (Å²) in [6.45, 7) is 5.87. The van der Waals surface area contributed by atoms with Gasteiger partial charge in [0.25, 0.3) is 0 Å². The molecule has 1 heterocycles. The molecule has 0 aromatic carbocycles. The van der Waals surface area contributed by atoms with Gasteiger partial charge < -0.3 is 0 Å². The summed E-state index contributed by atoms with van der Waals surface area (Å²) in [5, 5.41) is 0.343. The highest BCUT2D eigenvalue weighted by Crippen LogP contribution is 2.37. The van der Waals surface area contributed by atoms with Gasteiger partial charge in [0.15, 0.2) is 5.78 Å². The second-order valence-corrected chi connectivity index (χ2v) is 4.68. The van der Waals surface area contributed by atoms with Gasteiger partial charge in [-0.1, -0.05) is 6.92 Å². The summed E-state index contributed by atoms with van der Waals surface area (Å²) in [5.41, 5.74) is 0. The lowest BCUT2D eigenvalue weighted by molar-refractivity contribution is -0.116. The van der Waals surface area contributed by atoms with Gasteiger partial charge in [-0.2, -0.15) is 0 Å². The number of alkyl halides is 1. The number of rotatable bonds is 1. The highest BCUT2D eigenvalue weighted by molar-refractivity contribution is 8.03. The van der Waals surface area contributed by atoms with Gasteiger partial charge in [0, 0.05) is 11.7 Å². The van der Waals surface area contributed by atoms with E-state index in [0.29, 0.717) is 17.6 Å². The number of hydrogen-bond acceptors (Lipinski definition) is 2. The molecule has 1 rings (SSSR count). The maximum absolute atomic E-state index is 10.9. The van der Waals surface area contributed by atoms with Crippen LogP contribution in [0.3, 0.4) is 0 Å². The van der Waals surface area contributed by atoms with E-state index in [1.807, 2.05) is 6.92 Å². The van der Waals surface area contributed by atoms with Crippen LogP contribution < -0.4 is 0 Å². The third-order valence-corrected chi connectivity index (χ3v) is 3.62. The minimum atomic E-state index is -0.311. The van der Waals surface area contributed by atoms with Gasteiger partial charge in [0.05, 0.1) is 0 Å². The Morgan fingerprint density at radius 2 is 2.50 bits per heavy atom. The lowest BCUT2D eigenvalue weighted by Crippen LogP contribution is -2.08. The Hall–Kier alpha value is 0.310. The van der Waals surface area contributed by atoms with Gasteiger partial charge in [0.2, 0.25) is 0 Å². The molecule has 1 saturated heterocycles. The standard InChI is InChI=1S/C7H10ClOS/c1-4(2)6-3-5(9)7(8)10-6/h4,6-7H,1,3H2,2H3. The van der Waals surface area contributed by atoms with E-state index < -0.39 is 0 Å². The van der Waals surface area contributed by atoms with Crippen LogP contribution >= 0.6 is 23.4 Å². The molecule has 0 amide bonds. The zero-order valence-corrected chi connectivity index (χ0v) is 7.41. The van der Waals surface area contributed by atoms with E-state index in [1.54, 1.807) is 0 Å². The van der Waals surface area contributed by atoms with Crippen molar-refractivity contribution >= 4 is 29.1 Å². The first-order valence-corrected chi connectivity index (χ1v) is 4.64. The molecular formula is C7H10ClOS. The molecule has 0 saturated carbocycles. The average Bonchev–Trinajstić information content (AvgIpc) is 2.13. The van der Waals surface area contributed by atoms with E-state index in [4.69, 9.17) is 11.6 Å². The molecule has 1 fully saturated rings. The van der Waals surface area contributed by atoms with E-state index in [0.717, 1.165) is 0 Å². The van der Waals surface area contributed by atoms with Gasteiger partial charge in [-0.3, -0.25) is 4.79 Å². The molecule has 10 heavy (non-hydrogen) atoms. The van der Waals surface area contributed by atoms with Crippen LogP contribution in [-0.2, 0) is 4.79 Å². The molecule has 1 aliphatic heterocycles. The molecule has 0 aliphatic carbocycles. The molecule has 3 unspecified atom stereocenters. The number of hydrogen-bond donors (Lipinski definition) is 0. The Balaban J connectivity index is 2.49. The highest BCUT2D eigenvalue weighted by Gasteiger charge is 2.32. The number of carbonyl (C=O) groups excluding carboxylic acids is 1. The minimum absolute atomic E-state index is 0.159. The van der Waals surface area contributed by atoms with Crippen LogP contribution in [0.2, 0.25) is 0 Å². The Morgan fingerprint density at radius 1 is 1.90 bits per heavy atom. The van der Waals surface area contributed by atoms with E-state index in [2.05, 4.69) is 6.92 Å². The fourth-order valence-electron chi connectivity index (χ4n) is 0.904. The van der Waals surface area contributed by atoms with Gasteiger partial charge in [-0.15, -0.1) is 23.4 Å². The molecule has 57 valence electrons. The summed E-state index contributed by atoms with van der Waals surface area (Å²) in [6.07, 6.45) is 0.601. The summed E-state index contributed by atoms with van der Waals surface area (Å²) in [7, 11) is 0. The summed E-state index contributed by atoms with van der Waals surface area (Å²) in [5.74, 6) is 0.477. The third-order valence-electron chi connectivity index (χ3n) is 1.58. The maximum Gasteiger partial charge on any atom is 0.161 e. The van der Waals surface area contributed by atoms with Crippen LogP contribution in [0.4, 0.5) is 0 Å². The fraction of sp³-hybridized carbons (Fsp3) is 0.714. The van der Waals surface area contributed by atoms with Gasteiger partial charge in [-0.05, 0) is 12.8 Å². The Bertz CT molecular complexity index is 147. The average molecular weight is 178 g/mol. The molecule has 0 bridgehead atoms. The van der Waals surface area contributed by atoms with Crippen LogP contribution in [0.1, 0.15) is 13.3 Å². The monoisotopic (exact) mass is 177 g/mol. The minimum Gasteiger partial charge on any atom is -0.297 e. The Morgan fingerprint density at radius 3 is 2.70 bits per heavy atom. The molecule has 0 N–H and O–H groups in total. The van der Waals surface area contributed by atoms with Crippen LogP contribution in [-0.4, -0.2) is 15.7 Å². The largest absolute Gasteiger partial charge is 0.297 e. The molecule has 1 nitrogen and oxygen atoms in total. The summed E-state index contributed by atoms with van der Waals surface area (Å²) >= 11 is 7.22. The van der Waals surface area contributed by atoms with Gasteiger partial charge >= 0.3 is 0 Å². The van der Waals surface area contributed by atoms with E-state index in [9.17, 15) is 4.79 Å². The highest BCUT2D eigenvalue weighted by atomic mass is 35.5. The van der Waals surface area contributed by atoms with E-state index >= 15 is 0 Å². The number of thioether (sulfide) groups is 1. The zero-order valence-electron chi connectivity index (χ0n) is 5.84. The lowest BCUT2D eigenvalue weighted by atomic mass is 10.1. The van der Waals surface area contributed by atoms with E-state index in [1.165, 1.54) is 11.8 Å². The zero-order chi connectivity index (χ0) is 7.72. The maximum atomic E-state index is 10.9. The molecule has 3 atom stereocenters. The number of halogens is 1. The second-order valence-electron chi connectivity index (χ2n) is 2.64. The molecule has 0 aromatic rings. The Kier molecular flexibility index (Phi) is 2.64. The predicted molar refractivity (Wildman–Crippen MR) is 45.2 cm³/mol. The van der Waals surface area contributed by atoms with Crippen molar-refractivity contribution in [3.05, 3.63) is 6.92 Å². The van der Waals surface area contributed by atoms with Crippen molar-refractivity contribution in [2.75, 3.05) is 0 Å². The van der Waals surface area contributed by atoms with Gasteiger partial charge in [0.1, 0.15) is 4.71 Å². The molecule has 3 heteroatoms. The van der Waals surface area contributed by atoms with Crippen LogP contribution in [0, 0.1) is 12.8 Å². The first-order chi connectivity index (χ1) is 4.61. The quantitative estimate of drug-likeness (QED) is 0.571. The van der Waals surface area contributed by atoms with E-state index in [-0.39, 0.29) is 10.5 Å². The van der Waals surface area contributed by atoms with Gasteiger partial charge in [-0.25, -0.2) is 0 Å². The second kappa shape index (κ2) is 3.14. The fourth-order valence-corrected chi connectivity index (χ4v) is 2.47. The summed E-state index contributed by atoms with van der Waals surface area (Å²) in [4.78, 5) is 10.9. The van der Waals surface area contributed by atoms with Crippen LogP contribution in [0.15, 0.2) is 0 Å². The number of carbonyl (C=O) groups is 1. The van der Waals surface area contributed by atoms with Crippen molar-refractivity contribution in [3.8, 4) is 0 Å². The molecule has 0 spiro atoms. The van der Waals surface area contributed by atoms with Crippen LogP contribution in [0.5, 0.6) is 0 Å². The van der Waals surface area contributed by atoms with Crippen molar-refractivity contribution in [1.29, 1.82) is 0 Å². The number of Topliss-reactive ketones (excluding diaryl/α,β-unsaturated/α-hetero) is 1. The topological polar surface area (TPSA) is 17.1 Å². The first kappa shape index (κ1) is 8.41. The molecule has 0 aromatic heterocycles. The first-order valence-electron chi connectivity index (χ1n) is 3.26. The molecular weight excluding hydrogens is 168 g/mol. The molecule has 1 radical (unpaired) electrons. The van der Waals surface area contributed by atoms with Crippen molar-refractivity contribution in [3.63, 3.8) is 0 Å². The third kappa shape index (κ3) is 1.67. The summed E-state index contributed by atoms with van der Waals surface area (Å²) < 4.78 is -0.311. The van der Waals surface area contributed by atoms with Crippen molar-refractivity contribution < 1.29 is 4.79 Å². The SMILES string of the molecule is [CH2]C(C)C1CC(=O)C(Cl)S1. The smallest absolute Gasteiger partial charge is 0.161 e.